The summed E-state index contributed by atoms with van der Waals surface area (Å²) >= 11 is 0. The number of anilines is 1. The lowest BCUT2D eigenvalue weighted by atomic mass is 10.1. The highest BCUT2D eigenvalue weighted by atomic mass is 16.5. The highest BCUT2D eigenvalue weighted by Gasteiger charge is 2.32. The summed E-state index contributed by atoms with van der Waals surface area (Å²) in [7, 11) is 0. The first-order chi connectivity index (χ1) is 13.1. The molecule has 1 N–H and O–H groups in total. The van der Waals surface area contributed by atoms with Gasteiger partial charge in [-0.3, -0.25) is 0 Å². The molecule has 1 aromatic carbocycles. The molecule has 6 heteroatoms. The van der Waals surface area contributed by atoms with Crippen LogP contribution in [0.15, 0.2) is 36.4 Å². The Labute approximate surface area is 157 Å². The molecule has 0 saturated carbocycles. The third-order valence-electron chi connectivity index (χ3n) is 4.97. The fourth-order valence-corrected chi connectivity index (χ4v) is 3.52. The number of aromatic nitrogens is 2. The van der Waals surface area contributed by atoms with E-state index in [1.165, 1.54) is 5.56 Å². The smallest absolute Gasteiger partial charge is 0.328 e. The highest BCUT2D eigenvalue weighted by molar-refractivity contribution is 5.78. The lowest BCUT2D eigenvalue weighted by Crippen LogP contribution is -2.52. The molecular weight excluding hydrogens is 342 g/mol. The fraction of sp³-hybridized carbons (Fsp3) is 0.333. The summed E-state index contributed by atoms with van der Waals surface area (Å²) in [6, 6.07) is 7.48. The third kappa shape index (κ3) is 3.40. The molecule has 1 aliphatic carbocycles. The van der Waals surface area contributed by atoms with Crippen molar-refractivity contribution in [2.45, 2.75) is 25.8 Å². The molecule has 2 aliphatic rings. The normalized spacial score (nSPS) is 19.4. The van der Waals surface area contributed by atoms with Crippen LogP contribution >= 0.6 is 0 Å². The van der Waals surface area contributed by atoms with Crippen molar-refractivity contribution in [3.05, 3.63) is 52.5 Å². The van der Waals surface area contributed by atoms with Gasteiger partial charge in [-0.2, -0.15) is 0 Å². The van der Waals surface area contributed by atoms with E-state index < -0.39 is 12.0 Å². The molecule has 0 spiro atoms. The van der Waals surface area contributed by atoms with Gasteiger partial charge in [0.2, 0.25) is 0 Å². The number of carbonyl (C=O) groups is 1. The maximum absolute atomic E-state index is 11.8. The minimum atomic E-state index is -0.890. The Morgan fingerprint density at radius 1 is 1.26 bits per heavy atom. The van der Waals surface area contributed by atoms with Crippen molar-refractivity contribution in [1.82, 2.24) is 9.78 Å². The number of fused-ring (bicyclic) bond motifs is 1. The van der Waals surface area contributed by atoms with Crippen molar-refractivity contribution in [2.75, 3.05) is 24.7 Å². The summed E-state index contributed by atoms with van der Waals surface area (Å²) < 4.78 is 7.32. The Balaban J connectivity index is 1.93. The van der Waals surface area contributed by atoms with E-state index in [0.717, 1.165) is 29.1 Å². The van der Waals surface area contributed by atoms with Crippen molar-refractivity contribution in [3.8, 4) is 5.69 Å². The minimum absolute atomic E-state index is 0.168. The average molecular weight is 365 g/mol. The van der Waals surface area contributed by atoms with Crippen LogP contribution < -0.4 is 15.5 Å². The molecule has 6 nitrogen and oxygen atoms in total. The van der Waals surface area contributed by atoms with E-state index in [0.29, 0.717) is 19.0 Å². The molecule has 4 rings (SSSR count). The molecule has 1 aliphatic heterocycles. The Kier molecular flexibility index (Phi) is 4.81. The molecule has 1 saturated heterocycles. The van der Waals surface area contributed by atoms with Gasteiger partial charge >= 0.3 is 5.97 Å². The quantitative estimate of drug-likeness (QED) is 0.890. The predicted octanol–water partition coefficient (Wildman–Crippen LogP) is 1.38. The zero-order valence-electron chi connectivity index (χ0n) is 15.3. The number of nitrogens with zero attached hydrogens (tertiary/aromatic N) is 3. The number of aliphatic carboxylic acids is 1. The molecule has 140 valence electrons. The molecule has 0 radical (unpaired) electrons. The molecule has 0 amide bonds. The molecule has 1 atom stereocenters. The van der Waals surface area contributed by atoms with E-state index in [1.807, 2.05) is 33.9 Å². The number of ether oxygens (including phenoxy) is 1. The number of allylic oxidation sites excluding steroid dienone is 2. The maximum atomic E-state index is 11.8. The lowest BCUT2D eigenvalue weighted by molar-refractivity contribution is -0.141. The first-order valence-corrected chi connectivity index (χ1v) is 9.25. The molecule has 27 heavy (non-hydrogen) atoms. The van der Waals surface area contributed by atoms with Crippen molar-refractivity contribution in [3.63, 3.8) is 0 Å². The predicted molar refractivity (Wildman–Crippen MR) is 104 cm³/mol. The second-order valence-corrected chi connectivity index (χ2v) is 6.87. The Hall–Kier alpha value is -2.86. The van der Waals surface area contributed by atoms with Crippen LogP contribution in [-0.2, 0) is 9.53 Å². The first-order valence-electron chi connectivity index (χ1n) is 9.25. The summed E-state index contributed by atoms with van der Waals surface area (Å²) in [5, 5.41) is 16.5. The summed E-state index contributed by atoms with van der Waals surface area (Å²) in [5.74, 6) is -0.192. The number of rotatable bonds is 3. The van der Waals surface area contributed by atoms with E-state index in [2.05, 4.69) is 31.2 Å². The number of morpholine rings is 1. The Bertz CT molecular complexity index is 989. The van der Waals surface area contributed by atoms with Gasteiger partial charge in [0.05, 0.1) is 24.3 Å². The number of aryl methyl sites for hydroxylation is 1. The van der Waals surface area contributed by atoms with Crippen molar-refractivity contribution in [1.29, 1.82) is 0 Å². The van der Waals surface area contributed by atoms with Gasteiger partial charge in [-0.25, -0.2) is 9.48 Å². The molecule has 1 aromatic heterocycles. The van der Waals surface area contributed by atoms with Gasteiger partial charge < -0.3 is 14.7 Å². The topological polar surface area (TPSA) is 67.6 Å². The van der Waals surface area contributed by atoms with Crippen LogP contribution in [0, 0.1) is 6.92 Å². The minimum Gasteiger partial charge on any atom is -0.480 e. The van der Waals surface area contributed by atoms with Gasteiger partial charge in [0, 0.05) is 11.8 Å². The molecular formula is C21H23N3O3. The zero-order valence-corrected chi connectivity index (χ0v) is 15.3. The molecule has 1 fully saturated rings. The largest absolute Gasteiger partial charge is 0.480 e. The van der Waals surface area contributed by atoms with Crippen LogP contribution in [-0.4, -0.2) is 46.7 Å². The van der Waals surface area contributed by atoms with E-state index >= 15 is 0 Å². The van der Waals surface area contributed by atoms with Gasteiger partial charge in [-0.15, -0.1) is 5.10 Å². The first kappa shape index (κ1) is 17.5. The van der Waals surface area contributed by atoms with Gasteiger partial charge in [-0.1, -0.05) is 35.9 Å². The van der Waals surface area contributed by atoms with Crippen molar-refractivity contribution < 1.29 is 14.6 Å². The van der Waals surface area contributed by atoms with Gasteiger partial charge in [0.25, 0.3) is 0 Å². The second kappa shape index (κ2) is 7.40. The molecule has 0 bridgehead atoms. The van der Waals surface area contributed by atoms with Crippen LogP contribution in [0.3, 0.4) is 0 Å². The summed E-state index contributed by atoms with van der Waals surface area (Å²) in [4.78, 5) is 13.6. The number of carboxylic acid groups (broad SMARTS) is 1. The fourth-order valence-electron chi connectivity index (χ4n) is 3.52. The molecule has 2 heterocycles. The summed E-state index contributed by atoms with van der Waals surface area (Å²) in [5.41, 5.74) is 2.16. The molecule has 1 unspecified atom stereocenters. The zero-order chi connectivity index (χ0) is 18.8. The van der Waals surface area contributed by atoms with Crippen molar-refractivity contribution in [2.24, 2.45) is 0 Å². The highest BCUT2D eigenvalue weighted by Crippen LogP contribution is 2.16. The Morgan fingerprint density at radius 3 is 2.85 bits per heavy atom. The lowest BCUT2D eigenvalue weighted by Gasteiger charge is -2.33. The molecule has 2 aromatic rings. The monoisotopic (exact) mass is 365 g/mol. The number of carboxylic acids is 1. The van der Waals surface area contributed by atoms with Crippen LogP contribution in [0.25, 0.3) is 17.8 Å². The van der Waals surface area contributed by atoms with Crippen LogP contribution in [0.5, 0.6) is 0 Å². The number of hydrogen-bond acceptors (Lipinski definition) is 4. The van der Waals surface area contributed by atoms with Crippen molar-refractivity contribution >= 4 is 23.9 Å². The Morgan fingerprint density at radius 2 is 2.07 bits per heavy atom. The van der Waals surface area contributed by atoms with Crippen LogP contribution in [0.1, 0.15) is 18.4 Å². The standard InChI is InChI=1S/C21H23N3O3/c1-15-8-10-16(11-9-15)24-18-7-5-3-2-4-6-17(18)20(22-24)23-12-13-27-14-19(23)21(25)26/h2,4,6-11,19H,3,5,12-14H2,1H3,(H,25,26). The second-order valence-electron chi connectivity index (χ2n) is 6.87. The maximum Gasteiger partial charge on any atom is 0.328 e. The SMILES string of the molecule is Cc1ccc(-n2nc(N3CCOCC3C(=O)O)c3c2=CCCC=CC=3)cc1. The van der Waals surface area contributed by atoms with Gasteiger partial charge in [-0.05, 0) is 38.0 Å². The van der Waals surface area contributed by atoms with Crippen LogP contribution in [0.2, 0.25) is 0 Å². The van der Waals surface area contributed by atoms with E-state index in [1.54, 1.807) is 0 Å². The number of hydrogen-bond donors (Lipinski definition) is 1. The van der Waals surface area contributed by atoms with E-state index in [-0.39, 0.29) is 6.61 Å². The van der Waals surface area contributed by atoms with Crippen LogP contribution in [0.4, 0.5) is 5.82 Å². The number of benzene rings is 1. The van der Waals surface area contributed by atoms with E-state index in [4.69, 9.17) is 9.84 Å². The average Bonchev–Trinajstić information content (AvgIpc) is 2.99. The summed E-state index contributed by atoms with van der Waals surface area (Å²) in [6.07, 6.45) is 10.3. The van der Waals surface area contributed by atoms with E-state index in [9.17, 15) is 9.90 Å². The van der Waals surface area contributed by atoms with Gasteiger partial charge in [0.1, 0.15) is 0 Å². The third-order valence-corrected chi connectivity index (χ3v) is 4.97. The summed E-state index contributed by atoms with van der Waals surface area (Å²) in [6.45, 7) is 3.22. The van der Waals surface area contributed by atoms with Gasteiger partial charge in [0.15, 0.2) is 11.9 Å².